The average Bonchev–Trinajstić information content (AvgIpc) is 3.39. The number of rotatable bonds is 6. The van der Waals surface area contributed by atoms with E-state index in [0.29, 0.717) is 23.9 Å². The van der Waals surface area contributed by atoms with Crippen molar-refractivity contribution in [3.8, 4) is 0 Å². The number of halogens is 2. The standard InChI is InChI=1S/C20H19ClFN7O/c1-13-7-14(2)29(25-13)12-27-6-5-19(26-27)20(30)24-17-9-23-28(11-17)10-15-3-4-16(22)8-18(15)21/h3-9,11H,10,12H2,1-2H3,(H,24,30). The Bertz CT molecular complexity index is 1210. The minimum absolute atomic E-state index is 0.283. The van der Waals surface area contributed by atoms with E-state index in [2.05, 4.69) is 20.6 Å². The Balaban J connectivity index is 1.40. The number of hydrogen-bond donors (Lipinski definition) is 1. The lowest BCUT2D eigenvalue weighted by Crippen LogP contribution is -2.15. The largest absolute Gasteiger partial charge is 0.318 e. The van der Waals surface area contributed by atoms with Crippen molar-refractivity contribution in [2.24, 2.45) is 0 Å². The summed E-state index contributed by atoms with van der Waals surface area (Å²) in [6, 6.07) is 7.83. The molecule has 0 saturated heterocycles. The highest BCUT2D eigenvalue weighted by Gasteiger charge is 2.12. The fourth-order valence-corrected chi connectivity index (χ4v) is 3.28. The van der Waals surface area contributed by atoms with Crippen molar-refractivity contribution in [3.05, 3.63) is 82.4 Å². The third-order valence-electron chi connectivity index (χ3n) is 4.49. The first-order valence-corrected chi connectivity index (χ1v) is 9.57. The number of nitrogens with zero attached hydrogens (tertiary/aromatic N) is 6. The summed E-state index contributed by atoms with van der Waals surface area (Å²) in [6.07, 6.45) is 4.93. The second-order valence-corrected chi connectivity index (χ2v) is 7.33. The maximum atomic E-state index is 13.2. The normalized spacial score (nSPS) is 11.1. The van der Waals surface area contributed by atoms with Crippen molar-refractivity contribution in [1.82, 2.24) is 29.3 Å². The zero-order chi connectivity index (χ0) is 21.3. The van der Waals surface area contributed by atoms with Gasteiger partial charge in [0.15, 0.2) is 5.69 Å². The second-order valence-electron chi connectivity index (χ2n) is 6.92. The van der Waals surface area contributed by atoms with E-state index in [4.69, 9.17) is 11.6 Å². The number of carbonyl (C=O) groups excluding carboxylic acids is 1. The monoisotopic (exact) mass is 427 g/mol. The van der Waals surface area contributed by atoms with Gasteiger partial charge in [-0.15, -0.1) is 0 Å². The Hall–Kier alpha value is -3.46. The van der Waals surface area contributed by atoms with Gasteiger partial charge in [-0.2, -0.15) is 15.3 Å². The van der Waals surface area contributed by atoms with Crippen molar-refractivity contribution in [2.45, 2.75) is 27.1 Å². The minimum Gasteiger partial charge on any atom is -0.318 e. The van der Waals surface area contributed by atoms with Crippen molar-refractivity contribution in [1.29, 1.82) is 0 Å². The predicted molar refractivity (Wildman–Crippen MR) is 110 cm³/mol. The summed E-state index contributed by atoms with van der Waals surface area (Å²) < 4.78 is 18.2. The van der Waals surface area contributed by atoms with E-state index in [1.54, 1.807) is 33.9 Å². The van der Waals surface area contributed by atoms with Gasteiger partial charge in [0, 0.05) is 23.1 Å². The van der Waals surface area contributed by atoms with Crippen LogP contribution in [0, 0.1) is 19.7 Å². The number of carbonyl (C=O) groups is 1. The highest BCUT2D eigenvalue weighted by atomic mass is 35.5. The molecule has 0 aliphatic rings. The van der Waals surface area contributed by atoms with Crippen molar-refractivity contribution >= 4 is 23.2 Å². The van der Waals surface area contributed by atoms with Gasteiger partial charge in [-0.1, -0.05) is 17.7 Å². The maximum absolute atomic E-state index is 13.2. The molecule has 30 heavy (non-hydrogen) atoms. The molecule has 3 aromatic heterocycles. The van der Waals surface area contributed by atoms with Crippen LogP contribution in [0.15, 0.2) is 48.9 Å². The predicted octanol–water partition coefficient (Wildman–Crippen LogP) is 3.49. The van der Waals surface area contributed by atoms with Crippen LogP contribution in [0.2, 0.25) is 5.02 Å². The van der Waals surface area contributed by atoms with E-state index >= 15 is 0 Å². The van der Waals surface area contributed by atoms with Crippen LogP contribution in [0.4, 0.5) is 10.1 Å². The Morgan fingerprint density at radius 3 is 2.73 bits per heavy atom. The topological polar surface area (TPSA) is 82.6 Å². The van der Waals surface area contributed by atoms with Crippen LogP contribution in [0.1, 0.15) is 27.4 Å². The van der Waals surface area contributed by atoms with Gasteiger partial charge in [-0.25, -0.2) is 9.07 Å². The highest BCUT2D eigenvalue weighted by molar-refractivity contribution is 6.31. The Labute approximate surface area is 176 Å². The van der Waals surface area contributed by atoms with E-state index < -0.39 is 5.82 Å². The van der Waals surface area contributed by atoms with Gasteiger partial charge in [-0.05, 0) is 43.7 Å². The lowest BCUT2D eigenvalue weighted by Gasteiger charge is -2.05. The van der Waals surface area contributed by atoms with E-state index in [9.17, 15) is 9.18 Å². The zero-order valence-electron chi connectivity index (χ0n) is 16.4. The number of nitrogens with one attached hydrogen (secondary N) is 1. The molecule has 4 rings (SSSR count). The number of anilines is 1. The molecule has 0 spiro atoms. The third-order valence-corrected chi connectivity index (χ3v) is 4.85. The maximum Gasteiger partial charge on any atom is 0.276 e. The first-order chi connectivity index (χ1) is 14.4. The molecule has 0 aliphatic carbocycles. The number of aryl methyl sites for hydroxylation is 2. The summed E-state index contributed by atoms with van der Waals surface area (Å²) in [5.41, 5.74) is 3.47. The third kappa shape index (κ3) is 4.41. The quantitative estimate of drug-likeness (QED) is 0.510. The molecule has 0 fully saturated rings. The van der Waals surface area contributed by atoms with Crippen LogP contribution in [0.3, 0.4) is 0 Å². The number of amides is 1. The lowest BCUT2D eigenvalue weighted by atomic mass is 10.2. The van der Waals surface area contributed by atoms with Crippen LogP contribution >= 0.6 is 11.6 Å². The number of aromatic nitrogens is 6. The smallest absolute Gasteiger partial charge is 0.276 e. The minimum atomic E-state index is -0.394. The molecule has 1 N–H and O–H groups in total. The molecule has 10 heteroatoms. The molecular weight excluding hydrogens is 409 g/mol. The average molecular weight is 428 g/mol. The molecule has 0 atom stereocenters. The molecule has 0 bridgehead atoms. The van der Waals surface area contributed by atoms with Gasteiger partial charge in [0.05, 0.1) is 24.1 Å². The van der Waals surface area contributed by atoms with Gasteiger partial charge >= 0.3 is 0 Å². The molecule has 0 aliphatic heterocycles. The molecule has 3 heterocycles. The second kappa shape index (κ2) is 8.11. The fourth-order valence-electron chi connectivity index (χ4n) is 3.05. The molecule has 154 valence electrons. The summed E-state index contributed by atoms with van der Waals surface area (Å²) in [7, 11) is 0. The number of hydrogen-bond acceptors (Lipinski definition) is 4. The SMILES string of the molecule is Cc1cc(C)n(Cn2ccc(C(=O)Nc3cnn(Cc4ccc(F)cc4Cl)c3)n2)n1. The Kier molecular flexibility index (Phi) is 5.37. The first-order valence-electron chi connectivity index (χ1n) is 9.19. The summed E-state index contributed by atoms with van der Waals surface area (Å²) >= 11 is 6.05. The highest BCUT2D eigenvalue weighted by Crippen LogP contribution is 2.19. The van der Waals surface area contributed by atoms with Crippen LogP contribution in [-0.2, 0) is 13.2 Å². The molecule has 8 nitrogen and oxygen atoms in total. The molecule has 0 saturated carbocycles. The summed E-state index contributed by atoms with van der Waals surface area (Å²) in [4.78, 5) is 12.5. The van der Waals surface area contributed by atoms with Crippen LogP contribution in [0.25, 0.3) is 0 Å². The Morgan fingerprint density at radius 2 is 2.00 bits per heavy atom. The summed E-state index contributed by atoms with van der Waals surface area (Å²) in [6.45, 7) is 4.67. The van der Waals surface area contributed by atoms with E-state index in [-0.39, 0.29) is 11.6 Å². The lowest BCUT2D eigenvalue weighted by molar-refractivity contribution is 0.102. The van der Waals surface area contributed by atoms with Crippen molar-refractivity contribution in [2.75, 3.05) is 5.32 Å². The van der Waals surface area contributed by atoms with Gasteiger partial charge in [-0.3, -0.25) is 14.2 Å². The molecule has 0 unspecified atom stereocenters. The zero-order valence-corrected chi connectivity index (χ0v) is 17.1. The molecular formula is C20H19ClFN7O. The van der Waals surface area contributed by atoms with Crippen molar-refractivity contribution < 1.29 is 9.18 Å². The van der Waals surface area contributed by atoms with E-state index in [1.165, 1.54) is 18.3 Å². The number of benzene rings is 1. The molecule has 0 radical (unpaired) electrons. The first kappa shape index (κ1) is 19.8. The van der Waals surface area contributed by atoms with Gasteiger partial charge in [0.2, 0.25) is 0 Å². The Morgan fingerprint density at radius 1 is 1.17 bits per heavy atom. The van der Waals surface area contributed by atoms with Gasteiger partial charge in [0.1, 0.15) is 12.5 Å². The van der Waals surface area contributed by atoms with Crippen LogP contribution < -0.4 is 5.32 Å². The van der Waals surface area contributed by atoms with Crippen molar-refractivity contribution in [3.63, 3.8) is 0 Å². The summed E-state index contributed by atoms with van der Waals surface area (Å²) in [5.74, 6) is -0.740. The summed E-state index contributed by atoms with van der Waals surface area (Å²) in [5, 5.41) is 16.0. The molecule has 1 aromatic carbocycles. The van der Waals surface area contributed by atoms with Gasteiger partial charge in [0.25, 0.3) is 5.91 Å². The molecule has 1 amide bonds. The van der Waals surface area contributed by atoms with Gasteiger partial charge < -0.3 is 5.32 Å². The van der Waals surface area contributed by atoms with E-state index in [0.717, 1.165) is 17.0 Å². The van der Waals surface area contributed by atoms with Crippen LogP contribution in [0.5, 0.6) is 0 Å². The van der Waals surface area contributed by atoms with E-state index in [1.807, 2.05) is 24.6 Å². The fraction of sp³-hybridized carbons (Fsp3) is 0.200. The van der Waals surface area contributed by atoms with Crippen LogP contribution in [-0.4, -0.2) is 35.2 Å². The molecule has 4 aromatic rings.